The predicted molar refractivity (Wildman–Crippen MR) is 94.6 cm³/mol. The molecule has 2 aromatic rings. The fraction of sp³-hybridized carbons (Fsp3) is 0.263. The minimum atomic E-state index is -0.706. The molecule has 2 aromatic carbocycles. The zero-order valence-corrected chi connectivity index (χ0v) is 14.5. The van der Waals surface area contributed by atoms with E-state index in [1.165, 1.54) is 43.3 Å². The Bertz CT molecular complexity index is 859. The standard InChI is InChI=1S/C19H19NO6/c1-3-4-10-26-19(23)17-12(2)15(8-9-16(17)21)18(22)13-6-5-7-14(11-13)20(24)25/h5-9,11,21H,3-4,10H2,1-2H3. The SMILES string of the molecule is CCCCOC(=O)c1c(O)ccc(C(=O)c2cccc([N+](=O)[O-])c2)c1C. The number of ether oxygens (including phenoxy) is 1. The summed E-state index contributed by atoms with van der Waals surface area (Å²) in [5.74, 6) is -1.46. The normalized spacial score (nSPS) is 10.4. The fourth-order valence-corrected chi connectivity index (χ4v) is 2.50. The van der Waals surface area contributed by atoms with Gasteiger partial charge >= 0.3 is 5.97 Å². The van der Waals surface area contributed by atoms with Crippen molar-refractivity contribution in [1.29, 1.82) is 0 Å². The van der Waals surface area contributed by atoms with Crippen LogP contribution >= 0.6 is 0 Å². The zero-order valence-electron chi connectivity index (χ0n) is 14.5. The Balaban J connectivity index is 2.40. The van der Waals surface area contributed by atoms with Crippen LogP contribution in [0.1, 0.15) is 51.6 Å². The first-order valence-corrected chi connectivity index (χ1v) is 8.15. The zero-order chi connectivity index (χ0) is 19.3. The number of aromatic hydroxyl groups is 1. The molecule has 0 spiro atoms. The molecule has 2 rings (SSSR count). The van der Waals surface area contributed by atoms with Crippen LogP contribution in [0, 0.1) is 17.0 Å². The van der Waals surface area contributed by atoms with Crippen LogP contribution in [-0.2, 0) is 4.74 Å². The first-order chi connectivity index (χ1) is 12.4. The number of ketones is 1. The minimum Gasteiger partial charge on any atom is -0.507 e. The van der Waals surface area contributed by atoms with Crippen LogP contribution in [0.2, 0.25) is 0 Å². The fourth-order valence-electron chi connectivity index (χ4n) is 2.50. The number of hydrogen-bond acceptors (Lipinski definition) is 6. The van der Waals surface area contributed by atoms with Gasteiger partial charge < -0.3 is 9.84 Å². The molecule has 0 amide bonds. The van der Waals surface area contributed by atoms with E-state index in [0.29, 0.717) is 6.42 Å². The lowest BCUT2D eigenvalue weighted by atomic mass is 9.94. The van der Waals surface area contributed by atoms with Crippen LogP contribution in [0.4, 0.5) is 5.69 Å². The van der Waals surface area contributed by atoms with Gasteiger partial charge in [0.05, 0.1) is 11.5 Å². The number of carbonyl (C=O) groups is 2. The highest BCUT2D eigenvalue weighted by atomic mass is 16.6. The summed E-state index contributed by atoms with van der Waals surface area (Å²) >= 11 is 0. The maximum atomic E-state index is 12.7. The largest absolute Gasteiger partial charge is 0.507 e. The third-order valence-corrected chi connectivity index (χ3v) is 3.94. The number of benzene rings is 2. The van der Waals surface area contributed by atoms with Crippen molar-refractivity contribution in [1.82, 2.24) is 0 Å². The van der Waals surface area contributed by atoms with Crippen molar-refractivity contribution in [2.45, 2.75) is 26.7 Å². The molecule has 0 aliphatic carbocycles. The van der Waals surface area contributed by atoms with Crippen LogP contribution in [0.25, 0.3) is 0 Å². The molecule has 0 atom stereocenters. The topological polar surface area (TPSA) is 107 Å². The molecule has 136 valence electrons. The van der Waals surface area contributed by atoms with Gasteiger partial charge in [-0.15, -0.1) is 0 Å². The first-order valence-electron chi connectivity index (χ1n) is 8.15. The van der Waals surface area contributed by atoms with Gasteiger partial charge in [-0.3, -0.25) is 14.9 Å². The monoisotopic (exact) mass is 357 g/mol. The van der Waals surface area contributed by atoms with Crippen molar-refractivity contribution < 1.29 is 24.4 Å². The molecule has 1 N–H and O–H groups in total. The number of esters is 1. The summed E-state index contributed by atoms with van der Waals surface area (Å²) < 4.78 is 5.12. The van der Waals surface area contributed by atoms with Crippen LogP contribution < -0.4 is 0 Å². The van der Waals surface area contributed by atoms with Crippen LogP contribution in [0.15, 0.2) is 36.4 Å². The quantitative estimate of drug-likeness (QED) is 0.266. The Morgan fingerprint density at radius 3 is 2.62 bits per heavy atom. The number of carbonyl (C=O) groups excluding carboxylic acids is 2. The van der Waals surface area contributed by atoms with Crippen molar-refractivity contribution in [2.75, 3.05) is 6.61 Å². The lowest BCUT2D eigenvalue weighted by molar-refractivity contribution is -0.384. The maximum Gasteiger partial charge on any atom is 0.342 e. The Labute approximate surface area is 150 Å². The predicted octanol–water partition coefficient (Wildman–Crippen LogP) is 3.80. The third-order valence-electron chi connectivity index (χ3n) is 3.94. The summed E-state index contributed by atoms with van der Waals surface area (Å²) in [4.78, 5) is 35.3. The highest BCUT2D eigenvalue weighted by molar-refractivity contribution is 6.12. The van der Waals surface area contributed by atoms with Gasteiger partial charge in [0.15, 0.2) is 5.78 Å². The van der Waals surface area contributed by atoms with E-state index in [1.54, 1.807) is 0 Å². The van der Waals surface area contributed by atoms with Crippen molar-refractivity contribution in [3.63, 3.8) is 0 Å². The molecule has 0 unspecified atom stereocenters. The van der Waals surface area contributed by atoms with Gasteiger partial charge in [0, 0.05) is 23.3 Å². The van der Waals surface area contributed by atoms with E-state index >= 15 is 0 Å². The highest BCUT2D eigenvalue weighted by Gasteiger charge is 2.22. The van der Waals surface area contributed by atoms with E-state index in [-0.39, 0.29) is 40.3 Å². The van der Waals surface area contributed by atoms with Gasteiger partial charge in [-0.2, -0.15) is 0 Å². The number of non-ortho nitro benzene ring substituents is 1. The number of rotatable bonds is 7. The second-order valence-corrected chi connectivity index (χ2v) is 5.76. The van der Waals surface area contributed by atoms with E-state index in [2.05, 4.69) is 0 Å². The van der Waals surface area contributed by atoms with Gasteiger partial charge in [0.1, 0.15) is 11.3 Å². The molecule has 0 aromatic heterocycles. The third kappa shape index (κ3) is 4.05. The van der Waals surface area contributed by atoms with E-state index in [0.717, 1.165) is 6.42 Å². The number of phenolic OH excluding ortho intramolecular Hbond substituents is 1. The Hall–Kier alpha value is -3.22. The van der Waals surface area contributed by atoms with Gasteiger partial charge in [-0.05, 0) is 31.0 Å². The summed E-state index contributed by atoms with van der Waals surface area (Å²) in [6, 6.07) is 7.97. The maximum absolute atomic E-state index is 12.7. The van der Waals surface area contributed by atoms with Gasteiger partial charge in [0.25, 0.3) is 5.69 Å². The highest BCUT2D eigenvalue weighted by Crippen LogP contribution is 2.27. The van der Waals surface area contributed by atoms with Gasteiger partial charge in [0.2, 0.25) is 0 Å². The average molecular weight is 357 g/mol. The van der Waals surface area contributed by atoms with Crippen molar-refractivity contribution in [3.05, 3.63) is 68.8 Å². The summed E-state index contributed by atoms with van der Waals surface area (Å²) in [6.07, 6.45) is 1.54. The molecule has 0 saturated carbocycles. The summed E-state index contributed by atoms with van der Waals surface area (Å²) in [5.41, 5.74) is 0.288. The number of nitro benzene ring substituents is 1. The van der Waals surface area contributed by atoms with E-state index in [4.69, 9.17) is 4.74 Å². The Morgan fingerprint density at radius 1 is 1.23 bits per heavy atom. The number of unbranched alkanes of at least 4 members (excludes halogenated alkanes) is 1. The van der Waals surface area contributed by atoms with Crippen LogP contribution in [0.3, 0.4) is 0 Å². The summed E-state index contributed by atoms with van der Waals surface area (Å²) in [7, 11) is 0. The second-order valence-electron chi connectivity index (χ2n) is 5.76. The molecular weight excluding hydrogens is 338 g/mol. The molecule has 7 heteroatoms. The molecule has 0 heterocycles. The van der Waals surface area contributed by atoms with Crippen LogP contribution in [0.5, 0.6) is 5.75 Å². The van der Waals surface area contributed by atoms with E-state index < -0.39 is 16.7 Å². The van der Waals surface area contributed by atoms with Gasteiger partial charge in [-0.1, -0.05) is 25.5 Å². The lowest BCUT2D eigenvalue weighted by Crippen LogP contribution is -2.12. The molecule has 0 aliphatic rings. The second kappa shape index (κ2) is 8.24. The summed E-state index contributed by atoms with van der Waals surface area (Å²) in [6.45, 7) is 3.70. The first kappa shape index (κ1) is 19.1. The molecule has 0 saturated heterocycles. The smallest absolute Gasteiger partial charge is 0.342 e. The molecular formula is C19H19NO6. The lowest BCUT2D eigenvalue weighted by Gasteiger charge is -2.12. The van der Waals surface area contributed by atoms with E-state index in [9.17, 15) is 24.8 Å². The summed E-state index contributed by atoms with van der Waals surface area (Å²) in [5, 5.41) is 20.9. The number of hydrogen-bond donors (Lipinski definition) is 1. The van der Waals surface area contributed by atoms with Crippen molar-refractivity contribution >= 4 is 17.4 Å². The number of nitro groups is 1. The molecule has 7 nitrogen and oxygen atoms in total. The minimum absolute atomic E-state index is 0.0719. The Kier molecular flexibility index (Phi) is 6.06. The van der Waals surface area contributed by atoms with Gasteiger partial charge in [-0.25, -0.2) is 4.79 Å². The molecule has 26 heavy (non-hydrogen) atoms. The van der Waals surface area contributed by atoms with Crippen LogP contribution in [-0.4, -0.2) is 28.4 Å². The average Bonchev–Trinajstić information content (AvgIpc) is 2.61. The van der Waals surface area contributed by atoms with Crippen molar-refractivity contribution in [3.8, 4) is 5.75 Å². The molecule has 0 fully saturated rings. The van der Waals surface area contributed by atoms with Crippen molar-refractivity contribution in [2.24, 2.45) is 0 Å². The molecule has 0 radical (unpaired) electrons. The molecule has 0 aliphatic heterocycles. The number of phenols is 1. The van der Waals surface area contributed by atoms with E-state index in [1.807, 2.05) is 6.92 Å². The number of nitrogens with zero attached hydrogens (tertiary/aromatic N) is 1. The Morgan fingerprint density at radius 2 is 1.96 bits per heavy atom. The molecule has 0 bridgehead atoms.